The van der Waals surface area contributed by atoms with Gasteiger partial charge in [-0.25, -0.2) is 4.39 Å². The van der Waals surface area contributed by atoms with Gasteiger partial charge >= 0.3 is 5.97 Å². The van der Waals surface area contributed by atoms with Gasteiger partial charge in [-0.05, 0) is 48.5 Å². The summed E-state index contributed by atoms with van der Waals surface area (Å²) in [6.07, 6.45) is 0. The van der Waals surface area contributed by atoms with Crippen LogP contribution in [0.2, 0.25) is 0 Å². The Labute approximate surface area is 149 Å². The van der Waals surface area contributed by atoms with Gasteiger partial charge in [0.25, 0.3) is 11.8 Å². The molecule has 0 bridgehead atoms. The smallest absolute Gasteiger partial charge is 0.325 e. The van der Waals surface area contributed by atoms with E-state index in [-0.39, 0.29) is 6.54 Å². The minimum absolute atomic E-state index is 0.354. The molecule has 2 aromatic rings. The van der Waals surface area contributed by atoms with Crippen molar-refractivity contribution < 1.29 is 28.2 Å². The molecule has 0 aromatic heterocycles. The van der Waals surface area contributed by atoms with Crippen molar-refractivity contribution in [2.75, 3.05) is 25.6 Å². The molecule has 2 aromatic carbocycles. The number of carbonyl (C=O) groups is 3. The van der Waals surface area contributed by atoms with Crippen LogP contribution in [0.4, 0.5) is 10.1 Å². The molecule has 0 atom stereocenters. The predicted molar refractivity (Wildman–Crippen MR) is 91.3 cm³/mol. The molecule has 0 fully saturated rings. The van der Waals surface area contributed by atoms with Crippen molar-refractivity contribution in [1.29, 1.82) is 0 Å². The number of anilines is 1. The van der Waals surface area contributed by atoms with Gasteiger partial charge in [0, 0.05) is 11.3 Å². The third kappa shape index (κ3) is 5.90. The van der Waals surface area contributed by atoms with Crippen LogP contribution >= 0.6 is 0 Å². The summed E-state index contributed by atoms with van der Waals surface area (Å²) in [4.78, 5) is 35.1. The van der Waals surface area contributed by atoms with Crippen molar-refractivity contribution in [2.24, 2.45) is 0 Å². The number of benzene rings is 2. The molecule has 0 spiro atoms. The summed E-state index contributed by atoms with van der Waals surface area (Å²) in [5, 5.41) is 4.83. The van der Waals surface area contributed by atoms with Crippen LogP contribution in [-0.2, 0) is 14.3 Å². The van der Waals surface area contributed by atoms with Gasteiger partial charge in [0.15, 0.2) is 6.61 Å². The van der Waals surface area contributed by atoms with Crippen LogP contribution in [0.1, 0.15) is 10.4 Å². The third-order valence-electron chi connectivity index (χ3n) is 3.24. The molecule has 0 aliphatic heterocycles. The molecule has 7 nitrogen and oxygen atoms in total. The van der Waals surface area contributed by atoms with Crippen LogP contribution in [0.5, 0.6) is 5.75 Å². The van der Waals surface area contributed by atoms with Crippen molar-refractivity contribution in [3.05, 3.63) is 59.9 Å². The minimum atomic E-state index is -0.763. The molecule has 0 heterocycles. The summed E-state index contributed by atoms with van der Waals surface area (Å²) in [6, 6.07) is 11.5. The van der Waals surface area contributed by atoms with Crippen LogP contribution in [0.25, 0.3) is 0 Å². The molecule has 0 radical (unpaired) electrons. The van der Waals surface area contributed by atoms with E-state index in [1.807, 2.05) is 0 Å². The summed E-state index contributed by atoms with van der Waals surface area (Å²) in [5.41, 5.74) is 0.730. The topological polar surface area (TPSA) is 93.7 Å². The van der Waals surface area contributed by atoms with Crippen LogP contribution < -0.4 is 15.4 Å². The van der Waals surface area contributed by atoms with E-state index in [0.717, 1.165) is 0 Å². The fourth-order valence-electron chi connectivity index (χ4n) is 1.92. The summed E-state index contributed by atoms with van der Waals surface area (Å²) < 4.78 is 22.5. The average molecular weight is 360 g/mol. The highest BCUT2D eigenvalue weighted by atomic mass is 19.1. The Kier molecular flexibility index (Phi) is 6.67. The maximum atomic E-state index is 12.8. The van der Waals surface area contributed by atoms with Gasteiger partial charge in [-0.15, -0.1) is 0 Å². The van der Waals surface area contributed by atoms with Gasteiger partial charge in [0.1, 0.15) is 18.1 Å². The molecule has 8 heteroatoms. The molecule has 2 N–H and O–H groups in total. The van der Waals surface area contributed by atoms with Crippen LogP contribution in [0.3, 0.4) is 0 Å². The van der Waals surface area contributed by atoms with E-state index >= 15 is 0 Å². The summed E-state index contributed by atoms with van der Waals surface area (Å²) in [5.74, 6) is -1.62. The fraction of sp³-hybridized carbons (Fsp3) is 0.167. The lowest BCUT2D eigenvalue weighted by Gasteiger charge is -2.08. The zero-order valence-corrected chi connectivity index (χ0v) is 14.0. The van der Waals surface area contributed by atoms with Crippen molar-refractivity contribution in [3.63, 3.8) is 0 Å². The number of esters is 1. The zero-order valence-electron chi connectivity index (χ0n) is 14.0. The van der Waals surface area contributed by atoms with Crippen molar-refractivity contribution in [3.8, 4) is 5.75 Å². The molecule has 0 saturated heterocycles. The summed E-state index contributed by atoms with van der Waals surface area (Å²) in [7, 11) is 1.51. The molecule has 0 aliphatic rings. The SMILES string of the molecule is COc1ccc(C(=O)NCC(=O)OCC(=O)Nc2ccc(F)cc2)cc1. The van der Waals surface area contributed by atoms with Crippen LogP contribution in [-0.4, -0.2) is 38.0 Å². The molecule has 2 rings (SSSR count). The molecule has 0 saturated carbocycles. The Morgan fingerprint density at radius 1 is 1.00 bits per heavy atom. The highest BCUT2D eigenvalue weighted by molar-refractivity contribution is 5.96. The van der Waals surface area contributed by atoms with E-state index in [1.165, 1.54) is 31.4 Å². The molecule has 26 heavy (non-hydrogen) atoms. The van der Waals surface area contributed by atoms with Gasteiger partial charge in [-0.1, -0.05) is 0 Å². The molecular formula is C18H17FN2O5. The van der Waals surface area contributed by atoms with E-state index in [2.05, 4.69) is 10.6 Å². The zero-order chi connectivity index (χ0) is 18.9. The normalized spacial score (nSPS) is 9.92. The Balaban J connectivity index is 1.71. The van der Waals surface area contributed by atoms with Gasteiger partial charge in [0.2, 0.25) is 0 Å². The Morgan fingerprint density at radius 2 is 1.65 bits per heavy atom. The van der Waals surface area contributed by atoms with Crippen molar-refractivity contribution in [1.82, 2.24) is 5.32 Å². The predicted octanol–water partition coefficient (Wildman–Crippen LogP) is 1.75. The Hall–Kier alpha value is -3.42. The second kappa shape index (κ2) is 9.16. The first kappa shape index (κ1) is 18.9. The molecule has 2 amide bonds. The lowest BCUT2D eigenvalue weighted by molar-refractivity contribution is -0.146. The van der Waals surface area contributed by atoms with E-state index in [1.54, 1.807) is 24.3 Å². The van der Waals surface area contributed by atoms with Gasteiger partial charge in [-0.2, -0.15) is 0 Å². The summed E-state index contributed by atoms with van der Waals surface area (Å²) in [6.45, 7) is -0.899. The second-order valence-electron chi connectivity index (χ2n) is 5.13. The van der Waals surface area contributed by atoms with Crippen LogP contribution in [0.15, 0.2) is 48.5 Å². The van der Waals surface area contributed by atoms with Crippen LogP contribution in [0, 0.1) is 5.82 Å². The highest BCUT2D eigenvalue weighted by Crippen LogP contribution is 2.11. The fourth-order valence-corrected chi connectivity index (χ4v) is 1.92. The van der Waals surface area contributed by atoms with Crippen molar-refractivity contribution in [2.45, 2.75) is 0 Å². The number of rotatable bonds is 7. The van der Waals surface area contributed by atoms with E-state index in [9.17, 15) is 18.8 Å². The van der Waals surface area contributed by atoms with Crippen molar-refractivity contribution >= 4 is 23.5 Å². The van der Waals surface area contributed by atoms with Gasteiger partial charge in [-0.3, -0.25) is 14.4 Å². The third-order valence-corrected chi connectivity index (χ3v) is 3.24. The standard InChI is InChI=1S/C18H17FN2O5/c1-25-15-8-2-12(3-9-15)18(24)20-10-17(23)26-11-16(22)21-14-6-4-13(19)5-7-14/h2-9H,10-11H2,1H3,(H,20,24)(H,21,22). The Morgan fingerprint density at radius 3 is 2.27 bits per heavy atom. The molecule has 0 aliphatic carbocycles. The lowest BCUT2D eigenvalue weighted by Crippen LogP contribution is -2.32. The first-order chi connectivity index (χ1) is 12.5. The minimum Gasteiger partial charge on any atom is -0.497 e. The maximum absolute atomic E-state index is 12.8. The largest absolute Gasteiger partial charge is 0.497 e. The number of hydrogen-bond acceptors (Lipinski definition) is 5. The van der Waals surface area contributed by atoms with E-state index in [4.69, 9.17) is 9.47 Å². The number of halogens is 1. The first-order valence-corrected chi connectivity index (χ1v) is 7.61. The number of hydrogen-bond donors (Lipinski definition) is 2. The lowest BCUT2D eigenvalue weighted by atomic mass is 10.2. The maximum Gasteiger partial charge on any atom is 0.325 e. The van der Waals surface area contributed by atoms with Gasteiger partial charge < -0.3 is 20.1 Å². The number of carbonyl (C=O) groups excluding carboxylic acids is 3. The van der Waals surface area contributed by atoms with Gasteiger partial charge in [0.05, 0.1) is 7.11 Å². The quantitative estimate of drug-likeness (QED) is 0.734. The second-order valence-corrected chi connectivity index (χ2v) is 5.13. The average Bonchev–Trinajstić information content (AvgIpc) is 2.66. The monoisotopic (exact) mass is 360 g/mol. The molecule has 0 unspecified atom stereocenters. The number of methoxy groups -OCH3 is 1. The number of amides is 2. The number of ether oxygens (including phenoxy) is 2. The summed E-state index contributed by atoms with van der Waals surface area (Å²) >= 11 is 0. The van der Waals surface area contributed by atoms with E-state index < -0.39 is 30.2 Å². The molecule has 136 valence electrons. The molecular weight excluding hydrogens is 343 g/mol. The Bertz CT molecular complexity index is 775. The van der Waals surface area contributed by atoms with E-state index in [0.29, 0.717) is 17.0 Å². The highest BCUT2D eigenvalue weighted by Gasteiger charge is 2.11. The number of nitrogens with one attached hydrogen (secondary N) is 2. The first-order valence-electron chi connectivity index (χ1n) is 7.61.